The van der Waals surface area contributed by atoms with Gasteiger partial charge in [-0.3, -0.25) is 9.47 Å². The molecule has 0 atom stereocenters. The van der Waals surface area contributed by atoms with Gasteiger partial charge >= 0.3 is 6.41 Å². The van der Waals surface area contributed by atoms with Crippen molar-refractivity contribution >= 4 is 0 Å². The molecule has 0 aromatic carbocycles. The van der Waals surface area contributed by atoms with Gasteiger partial charge in [-0.2, -0.15) is 0 Å². The predicted octanol–water partition coefficient (Wildman–Crippen LogP) is 2.01. The lowest BCUT2D eigenvalue weighted by molar-refractivity contribution is -1.40. The maximum absolute atomic E-state index is 5.52. The largest absolute Gasteiger partial charge is 0.406 e. The third-order valence-electron chi connectivity index (χ3n) is 1.80. The summed E-state index contributed by atoms with van der Waals surface area (Å²) >= 11 is 0. The van der Waals surface area contributed by atoms with Crippen molar-refractivity contribution in [3.8, 4) is 0 Å². The molecule has 0 N–H and O–H groups in total. The van der Waals surface area contributed by atoms with Crippen molar-refractivity contribution in [2.75, 3.05) is 33.0 Å². The lowest BCUT2D eigenvalue weighted by Gasteiger charge is -2.32. The van der Waals surface area contributed by atoms with Crippen LogP contribution in [0, 0.1) is 0 Å². The summed E-state index contributed by atoms with van der Waals surface area (Å²) in [5.74, 6) is 0. The summed E-state index contributed by atoms with van der Waals surface area (Å²) in [6, 6.07) is 0. The molecule has 0 heterocycles. The molecule has 0 bridgehead atoms. The number of hydrogen-bond donors (Lipinski definition) is 0. The van der Waals surface area contributed by atoms with Gasteiger partial charge < -0.3 is 0 Å². The Morgan fingerprint density at radius 1 is 0.647 bits per heavy atom. The SMILES string of the molecule is CCOC(OCC)[N+](OCC)(OCC)OCC. The zero-order chi connectivity index (χ0) is 13.1. The van der Waals surface area contributed by atoms with Gasteiger partial charge in [-0.25, -0.2) is 0 Å². The summed E-state index contributed by atoms with van der Waals surface area (Å²) in [6.45, 7) is 11.6. The molecule has 104 valence electrons. The number of quaternary nitrogens is 1. The van der Waals surface area contributed by atoms with E-state index in [0.29, 0.717) is 33.0 Å². The molecular weight excluding hydrogens is 226 g/mol. The minimum Gasteiger partial charge on any atom is -0.299 e. The van der Waals surface area contributed by atoms with E-state index in [2.05, 4.69) is 0 Å². The molecule has 0 fully saturated rings. The van der Waals surface area contributed by atoms with Crippen molar-refractivity contribution in [3.05, 3.63) is 0 Å². The maximum Gasteiger partial charge on any atom is 0.406 e. The molecule has 6 nitrogen and oxygen atoms in total. The fraction of sp³-hybridized carbons (Fsp3) is 1.00. The molecule has 0 aliphatic carbocycles. The van der Waals surface area contributed by atoms with Crippen LogP contribution in [-0.4, -0.2) is 44.4 Å². The van der Waals surface area contributed by atoms with Crippen LogP contribution in [0.5, 0.6) is 0 Å². The smallest absolute Gasteiger partial charge is 0.299 e. The van der Waals surface area contributed by atoms with Crippen molar-refractivity contribution in [2.24, 2.45) is 0 Å². The van der Waals surface area contributed by atoms with Crippen LogP contribution < -0.4 is 0 Å². The van der Waals surface area contributed by atoms with Crippen LogP contribution in [0.3, 0.4) is 0 Å². The monoisotopic (exact) mass is 252 g/mol. The number of hydroxylamine groups is 3. The third kappa shape index (κ3) is 5.29. The maximum atomic E-state index is 5.52. The highest BCUT2D eigenvalue weighted by Gasteiger charge is 2.46. The van der Waals surface area contributed by atoms with E-state index < -0.39 is 11.4 Å². The molecule has 0 radical (unpaired) electrons. The second kappa shape index (κ2) is 9.76. The van der Waals surface area contributed by atoms with Gasteiger partial charge in [0.25, 0.3) is 0 Å². The Balaban J connectivity index is 4.87. The summed E-state index contributed by atoms with van der Waals surface area (Å²) < 4.78 is 11.0. The van der Waals surface area contributed by atoms with Gasteiger partial charge in [-0.05, 0) is 34.6 Å². The lowest BCUT2D eigenvalue weighted by atomic mass is 10.8. The van der Waals surface area contributed by atoms with Gasteiger partial charge in [0, 0.05) is 0 Å². The van der Waals surface area contributed by atoms with E-state index in [4.69, 9.17) is 24.0 Å². The highest BCUT2D eigenvalue weighted by atomic mass is 17.2. The first-order valence-corrected chi connectivity index (χ1v) is 6.26. The first-order valence-electron chi connectivity index (χ1n) is 6.26. The Hall–Kier alpha value is -0.240. The average molecular weight is 252 g/mol. The summed E-state index contributed by atoms with van der Waals surface area (Å²) in [7, 11) is 0. The minimum absolute atomic E-state index is 0.427. The zero-order valence-electron chi connectivity index (χ0n) is 11.6. The van der Waals surface area contributed by atoms with E-state index in [1.807, 2.05) is 34.6 Å². The number of rotatable bonds is 11. The van der Waals surface area contributed by atoms with Crippen LogP contribution in [0.25, 0.3) is 0 Å². The molecule has 17 heavy (non-hydrogen) atoms. The Kier molecular flexibility index (Phi) is 9.62. The van der Waals surface area contributed by atoms with Crippen LogP contribution in [0.2, 0.25) is 0 Å². The first kappa shape index (κ1) is 16.8. The Morgan fingerprint density at radius 3 is 1.24 bits per heavy atom. The second-order valence-corrected chi connectivity index (χ2v) is 3.01. The molecule has 0 aliphatic heterocycles. The molecule has 0 aliphatic rings. The number of nitrogens with zero attached hydrogens (tertiary/aromatic N) is 1. The van der Waals surface area contributed by atoms with Crippen molar-refractivity contribution in [1.82, 2.24) is 0 Å². The van der Waals surface area contributed by atoms with Crippen molar-refractivity contribution < 1.29 is 29.0 Å². The van der Waals surface area contributed by atoms with E-state index in [1.165, 1.54) is 0 Å². The summed E-state index contributed by atoms with van der Waals surface area (Å²) in [6.07, 6.45) is -0.746. The lowest BCUT2D eigenvalue weighted by Crippen LogP contribution is -2.57. The fourth-order valence-electron chi connectivity index (χ4n) is 1.35. The van der Waals surface area contributed by atoms with Crippen LogP contribution in [0.1, 0.15) is 34.6 Å². The summed E-state index contributed by atoms with van der Waals surface area (Å²) in [5.41, 5.74) is 0. The van der Waals surface area contributed by atoms with Gasteiger partial charge in [0.2, 0.25) is 0 Å². The number of ether oxygens (including phenoxy) is 2. The van der Waals surface area contributed by atoms with Crippen LogP contribution in [0.15, 0.2) is 0 Å². The van der Waals surface area contributed by atoms with Crippen LogP contribution >= 0.6 is 0 Å². The van der Waals surface area contributed by atoms with Crippen molar-refractivity contribution in [3.63, 3.8) is 0 Å². The summed E-state index contributed by atoms with van der Waals surface area (Å²) in [5, 5.41) is 0. The van der Waals surface area contributed by atoms with Gasteiger partial charge in [0.15, 0.2) is 4.97 Å². The molecule has 0 rings (SSSR count). The second-order valence-electron chi connectivity index (χ2n) is 3.01. The van der Waals surface area contributed by atoms with Crippen molar-refractivity contribution in [1.29, 1.82) is 0 Å². The van der Waals surface area contributed by atoms with Gasteiger partial charge in [0.1, 0.15) is 19.8 Å². The molecule has 0 saturated heterocycles. The molecule has 0 aromatic rings. The molecule has 0 saturated carbocycles. The highest BCUT2D eigenvalue weighted by molar-refractivity contribution is 4.20. The molecule has 0 amide bonds. The predicted molar refractivity (Wildman–Crippen MR) is 62.2 cm³/mol. The molecule has 0 aromatic heterocycles. The van der Waals surface area contributed by atoms with E-state index in [9.17, 15) is 0 Å². The fourth-order valence-corrected chi connectivity index (χ4v) is 1.35. The zero-order valence-corrected chi connectivity index (χ0v) is 11.6. The summed E-state index contributed by atoms with van der Waals surface area (Å²) in [4.78, 5) is 16.0. The standard InChI is InChI=1S/C11H26NO5/c1-6-13-11(14-7-2)12(15-8-3,16-9-4)17-10-5/h11H,6-10H2,1-5H3/q+1. The minimum atomic E-state index is -0.746. The van der Waals surface area contributed by atoms with E-state index in [-0.39, 0.29) is 0 Å². The Bertz CT molecular complexity index is 156. The van der Waals surface area contributed by atoms with Gasteiger partial charge in [-0.1, -0.05) is 0 Å². The molecule has 0 spiro atoms. The molecule has 6 heteroatoms. The van der Waals surface area contributed by atoms with Crippen molar-refractivity contribution in [2.45, 2.75) is 41.0 Å². The molecular formula is C11H26NO5+. The number of hydrogen-bond acceptors (Lipinski definition) is 5. The molecule has 0 unspecified atom stereocenters. The van der Waals surface area contributed by atoms with Gasteiger partial charge in [-0.15, -0.1) is 14.5 Å². The Morgan fingerprint density at radius 2 is 1.00 bits per heavy atom. The van der Waals surface area contributed by atoms with Gasteiger partial charge in [0.05, 0.1) is 13.2 Å². The normalized spacial score (nSPS) is 12.4. The van der Waals surface area contributed by atoms with Crippen LogP contribution in [-0.2, 0) is 24.0 Å². The third-order valence-corrected chi connectivity index (χ3v) is 1.80. The highest BCUT2D eigenvalue weighted by Crippen LogP contribution is 2.20. The average Bonchev–Trinajstić information content (AvgIpc) is 2.29. The van der Waals surface area contributed by atoms with E-state index >= 15 is 0 Å². The first-order chi connectivity index (χ1) is 8.20. The van der Waals surface area contributed by atoms with E-state index in [0.717, 1.165) is 0 Å². The van der Waals surface area contributed by atoms with Crippen LogP contribution in [0.4, 0.5) is 0 Å². The quantitative estimate of drug-likeness (QED) is 0.320. The topological polar surface area (TPSA) is 46.2 Å². The Labute approximate surface area is 104 Å². The van der Waals surface area contributed by atoms with E-state index in [1.54, 1.807) is 0 Å².